The molecule has 0 radical (unpaired) electrons. The quantitative estimate of drug-likeness (QED) is 0.477. The molecule has 4 nitrogen and oxygen atoms in total. The van der Waals surface area contributed by atoms with Crippen LogP contribution >= 0.6 is 11.6 Å². The van der Waals surface area contributed by atoms with Gasteiger partial charge in [-0.3, -0.25) is 9.79 Å². The summed E-state index contributed by atoms with van der Waals surface area (Å²) in [6, 6.07) is 21.8. The normalized spacial score (nSPS) is 11.4. The second-order valence-electron chi connectivity index (χ2n) is 6.47. The van der Waals surface area contributed by atoms with Crippen LogP contribution in [0.15, 0.2) is 82.6 Å². The van der Waals surface area contributed by atoms with Crippen LogP contribution < -0.4 is 5.56 Å². The smallest absolute Gasteiger partial charge is 0.265 e. The molecule has 0 atom stereocenters. The summed E-state index contributed by atoms with van der Waals surface area (Å²) in [5.41, 5.74) is 2.41. The summed E-state index contributed by atoms with van der Waals surface area (Å²) >= 11 is 6.18. The van der Waals surface area contributed by atoms with E-state index in [0.29, 0.717) is 32.7 Å². The molecule has 4 rings (SSSR count). The van der Waals surface area contributed by atoms with Crippen LogP contribution in [0.1, 0.15) is 11.1 Å². The Kier molecular flexibility index (Phi) is 4.72. The molecule has 0 amide bonds. The maximum Gasteiger partial charge on any atom is 0.265 e. The fourth-order valence-corrected chi connectivity index (χ4v) is 3.30. The predicted octanol–water partition coefficient (Wildman–Crippen LogP) is 5.41. The van der Waals surface area contributed by atoms with Crippen molar-refractivity contribution in [3.05, 3.63) is 99.3 Å². The van der Waals surface area contributed by atoms with Crippen LogP contribution in [0.4, 0.5) is 5.69 Å². The Hall–Kier alpha value is -3.37. The fraction of sp³-hybridized carbons (Fsp3) is 0.0435. The maximum atomic E-state index is 13.1. The molecule has 0 unspecified atom stereocenters. The molecule has 138 valence electrons. The first-order chi connectivity index (χ1) is 13.6. The van der Waals surface area contributed by atoms with E-state index < -0.39 is 0 Å². The van der Waals surface area contributed by atoms with Gasteiger partial charge < -0.3 is 5.11 Å². The Labute approximate surface area is 167 Å². The van der Waals surface area contributed by atoms with Gasteiger partial charge in [0.2, 0.25) is 5.88 Å². The van der Waals surface area contributed by atoms with Crippen molar-refractivity contribution in [2.45, 2.75) is 6.92 Å². The summed E-state index contributed by atoms with van der Waals surface area (Å²) < 4.78 is 1.30. The molecule has 3 aromatic carbocycles. The molecule has 1 aromatic heterocycles. The van der Waals surface area contributed by atoms with Crippen molar-refractivity contribution in [3.63, 3.8) is 0 Å². The lowest BCUT2D eigenvalue weighted by atomic mass is 10.1. The molecule has 0 aliphatic carbocycles. The van der Waals surface area contributed by atoms with E-state index in [0.717, 1.165) is 5.56 Å². The minimum Gasteiger partial charge on any atom is -0.494 e. The highest BCUT2D eigenvalue weighted by atomic mass is 35.5. The van der Waals surface area contributed by atoms with Crippen LogP contribution in [0.2, 0.25) is 5.02 Å². The van der Waals surface area contributed by atoms with Gasteiger partial charge in [0.25, 0.3) is 5.56 Å². The molecule has 0 aliphatic rings. The highest BCUT2D eigenvalue weighted by Gasteiger charge is 2.16. The van der Waals surface area contributed by atoms with E-state index in [1.165, 1.54) is 4.57 Å². The highest BCUT2D eigenvalue weighted by Crippen LogP contribution is 2.28. The van der Waals surface area contributed by atoms with Gasteiger partial charge in [0.1, 0.15) is 0 Å². The summed E-state index contributed by atoms with van der Waals surface area (Å²) in [4.78, 5) is 17.5. The Morgan fingerprint density at radius 3 is 2.29 bits per heavy atom. The molecule has 0 saturated heterocycles. The monoisotopic (exact) mass is 388 g/mol. The van der Waals surface area contributed by atoms with Crippen molar-refractivity contribution >= 4 is 34.3 Å². The zero-order valence-corrected chi connectivity index (χ0v) is 15.9. The Bertz CT molecular complexity index is 1260. The summed E-state index contributed by atoms with van der Waals surface area (Å²) in [7, 11) is 0. The van der Waals surface area contributed by atoms with Gasteiger partial charge in [-0.2, -0.15) is 0 Å². The average Bonchev–Trinajstić information content (AvgIpc) is 2.71. The van der Waals surface area contributed by atoms with Crippen LogP contribution in [-0.4, -0.2) is 15.9 Å². The standard InChI is InChI=1S/C23H17ClN2O2/c1-15-10-12-16(13-11-15)26-22(27)18-7-3-2-6-17(18)19(23(26)28)14-25-21-9-5-4-8-20(21)24/h2-14,28H,1H3. The number of halogens is 1. The number of aromatic hydroxyl groups is 1. The number of aryl methyl sites for hydroxylation is 1. The maximum absolute atomic E-state index is 13.1. The van der Waals surface area contributed by atoms with Gasteiger partial charge in [-0.05, 0) is 37.3 Å². The van der Waals surface area contributed by atoms with E-state index in [2.05, 4.69) is 4.99 Å². The number of para-hydroxylation sites is 1. The number of pyridine rings is 1. The van der Waals surface area contributed by atoms with Crippen LogP contribution in [0.3, 0.4) is 0 Å². The van der Waals surface area contributed by atoms with Crippen molar-refractivity contribution in [1.29, 1.82) is 0 Å². The molecule has 0 fully saturated rings. The van der Waals surface area contributed by atoms with Gasteiger partial charge >= 0.3 is 0 Å². The number of rotatable bonds is 3. The molecular weight excluding hydrogens is 372 g/mol. The van der Waals surface area contributed by atoms with Gasteiger partial charge in [0.15, 0.2) is 0 Å². The van der Waals surface area contributed by atoms with Gasteiger partial charge in [0, 0.05) is 17.0 Å². The summed E-state index contributed by atoms with van der Waals surface area (Å²) in [5, 5.41) is 12.6. The molecule has 0 bridgehead atoms. The number of nitrogens with zero attached hydrogens (tertiary/aromatic N) is 2. The number of aliphatic imine (C=N–C) groups is 1. The Morgan fingerprint density at radius 2 is 1.57 bits per heavy atom. The second-order valence-corrected chi connectivity index (χ2v) is 6.88. The van der Waals surface area contributed by atoms with E-state index in [4.69, 9.17) is 11.6 Å². The first kappa shape index (κ1) is 18.0. The van der Waals surface area contributed by atoms with Crippen LogP contribution in [-0.2, 0) is 0 Å². The third kappa shape index (κ3) is 3.19. The van der Waals surface area contributed by atoms with Gasteiger partial charge in [0.05, 0.1) is 22.0 Å². The topological polar surface area (TPSA) is 54.6 Å². The number of aromatic nitrogens is 1. The first-order valence-electron chi connectivity index (χ1n) is 8.78. The SMILES string of the molecule is Cc1ccc(-n2c(O)c(C=Nc3ccccc3Cl)c3ccccc3c2=O)cc1. The minimum atomic E-state index is -0.285. The van der Waals surface area contributed by atoms with Gasteiger partial charge in [-0.25, -0.2) is 4.57 Å². The number of hydrogen-bond acceptors (Lipinski definition) is 3. The molecule has 28 heavy (non-hydrogen) atoms. The second kappa shape index (κ2) is 7.33. The molecule has 4 aromatic rings. The van der Waals surface area contributed by atoms with E-state index in [1.807, 2.05) is 37.3 Å². The largest absolute Gasteiger partial charge is 0.494 e. The molecule has 5 heteroatoms. The van der Waals surface area contributed by atoms with Crippen molar-refractivity contribution in [3.8, 4) is 11.6 Å². The van der Waals surface area contributed by atoms with Crippen LogP contribution in [0.5, 0.6) is 5.88 Å². The lowest BCUT2D eigenvalue weighted by Gasteiger charge is -2.14. The van der Waals surface area contributed by atoms with Crippen molar-refractivity contribution < 1.29 is 5.11 Å². The number of hydrogen-bond donors (Lipinski definition) is 1. The van der Waals surface area contributed by atoms with E-state index >= 15 is 0 Å². The summed E-state index contributed by atoms with van der Waals surface area (Å²) in [5.74, 6) is -0.164. The number of benzene rings is 3. The molecule has 0 aliphatic heterocycles. The van der Waals surface area contributed by atoms with Gasteiger partial charge in [-0.15, -0.1) is 0 Å². The van der Waals surface area contributed by atoms with Crippen molar-refractivity contribution in [2.75, 3.05) is 0 Å². The zero-order chi connectivity index (χ0) is 19.7. The van der Waals surface area contributed by atoms with E-state index in [1.54, 1.807) is 48.7 Å². The zero-order valence-electron chi connectivity index (χ0n) is 15.1. The Morgan fingerprint density at radius 1 is 0.929 bits per heavy atom. The lowest BCUT2D eigenvalue weighted by Crippen LogP contribution is -2.20. The predicted molar refractivity (Wildman–Crippen MR) is 115 cm³/mol. The molecule has 1 heterocycles. The van der Waals surface area contributed by atoms with E-state index in [9.17, 15) is 9.90 Å². The van der Waals surface area contributed by atoms with Crippen LogP contribution in [0, 0.1) is 6.92 Å². The third-order valence-corrected chi connectivity index (χ3v) is 4.90. The number of fused-ring (bicyclic) bond motifs is 1. The summed E-state index contributed by atoms with van der Waals surface area (Å²) in [6.45, 7) is 1.97. The van der Waals surface area contributed by atoms with Crippen molar-refractivity contribution in [2.24, 2.45) is 4.99 Å². The Balaban J connectivity index is 1.99. The highest BCUT2D eigenvalue weighted by molar-refractivity contribution is 6.33. The van der Waals surface area contributed by atoms with Gasteiger partial charge in [-0.1, -0.05) is 59.6 Å². The summed E-state index contributed by atoms with van der Waals surface area (Å²) in [6.07, 6.45) is 1.54. The van der Waals surface area contributed by atoms with Crippen molar-refractivity contribution in [1.82, 2.24) is 4.57 Å². The molecule has 1 N–H and O–H groups in total. The minimum absolute atomic E-state index is 0.164. The third-order valence-electron chi connectivity index (χ3n) is 4.58. The molecule has 0 saturated carbocycles. The van der Waals surface area contributed by atoms with E-state index in [-0.39, 0.29) is 11.4 Å². The molecule has 0 spiro atoms. The van der Waals surface area contributed by atoms with Crippen LogP contribution in [0.25, 0.3) is 16.5 Å². The first-order valence-corrected chi connectivity index (χ1v) is 9.16. The average molecular weight is 389 g/mol. The fourth-order valence-electron chi connectivity index (χ4n) is 3.11. The lowest BCUT2D eigenvalue weighted by molar-refractivity contribution is 0.436. The molecular formula is C23H17ClN2O2.